The quantitative estimate of drug-likeness (QED) is 0.799. The van der Waals surface area contributed by atoms with E-state index in [2.05, 4.69) is 5.32 Å². The summed E-state index contributed by atoms with van der Waals surface area (Å²) < 4.78 is 40.7. The van der Waals surface area contributed by atoms with Gasteiger partial charge in [-0.05, 0) is 30.7 Å². The van der Waals surface area contributed by atoms with Gasteiger partial charge in [0.25, 0.3) is 0 Å². The highest BCUT2D eigenvalue weighted by Gasteiger charge is 2.13. The van der Waals surface area contributed by atoms with Crippen molar-refractivity contribution in [3.63, 3.8) is 0 Å². The molecule has 0 atom stereocenters. The molecule has 0 unspecified atom stereocenters. The molecule has 0 saturated heterocycles. The Morgan fingerprint density at radius 1 is 1.06 bits per heavy atom. The maximum Gasteiger partial charge on any atom is 0.151 e. The summed E-state index contributed by atoms with van der Waals surface area (Å²) in [5.74, 6) is -2.28. The highest BCUT2D eigenvalue weighted by molar-refractivity contribution is 5.64. The third-order valence-corrected chi connectivity index (χ3v) is 2.52. The van der Waals surface area contributed by atoms with E-state index in [9.17, 15) is 13.2 Å². The summed E-state index contributed by atoms with van der Waals surface area (Å²) >= 11 is 0. The summed E-state index contributed by atoms with van der Waals surface area (Å²) in [6, 6.07) is 6.50. The molecule has 0 heterocycles. The first-order valence-corrected chi connectivity index (χ1v) is 5.25. The number of nitrogens with one attached hydrogen (secondary N) is 1. The number of rotatable bonds is 2. The highest BCUT2D eigenvalue weighted by atomic mass is 19.1. The largest absolute Gasteiger partial charge is 0.399 e. The Morgan fingerprint density at radius 2 is 1.67 bits per heavy atom. The minimum atomic E-state index is -0.867. The van der Waals surface area contributed by atoms with E-state index in [1.54, 1.807) is 19.1 Å². The maximum absolute atomic E-state index is 13.7. The molecular formula is C13H11F3N2. The molecule has 0 aliphatic rings. The summed E-state index contributed by atoms with van der Waals surface area (Å²) in [5, 5.41) is 2.40. The first-order valence-electron chi connectivity index (χ1n) is 5.25. The smallest absolute Gasteiger partial charge is 0.151 e. The Morgan fingerprint density at radius 3 is 2.28 bits per heavy atom. The van der Waals surface area contributed by atoms with Crippen molar-refractivity contribution >= 4 is 17.1 Å². The lowest BCUT2D eigenvalue weighted by molar-refractivity contribution is 0.590. The lowest BCUT2D eigenvalue weighted by Gasteiger charge is -2.11. The average molecular weight is 252 g/mol. The summed E-state index contributed by atoms with van der Waals surface area (Å²) in [6.07, 6.45) is 0. The van der Waals surface area contributed by atoms with Gasteiger partial charge in [-0.25, -0.2) is 13.2 Å². The van der Waals surface area contributed by atoms with Crippen molar-refractivity contribution < 1.29 is 13.2 Å². The summed E-state index contributed by atoms with van der Waals surface area (Å²) in [6.45, 7) is 1.57. The molecule has 94 valence electrons. The van der Waals surface area contributed by atoms with E-state index in [0.717, 1.165) is 12.1 Å². The monoisotopic (exact) mass is 252 g/mol. The van der Waals surface area contributed by atoms with Crippen LogP contribution in [0.2, 0.25) is 0 Å². The van der Waals surface area contributed by atoms with Gasteiger partial charge in [0.2, 0.25) is 0 Å². The molecule has 2 aromatic carbocycles. The predicted octanol–water partition coefficient (Wildman–Crippen LogP) is 3.74. The van der Waals surface area contributed by atoms with Crippen LogP contribution < -0.4 is 11.1 Å². The van der Waals surface area contributed by atoms with Crippen molar-refractivity contribution in [1.29, 1.82) is 0 Å². The van der Waals surface area contributed by atoms with Crippen molar-refractivity contribution in [3.05, 3.63) is 53.3 Å². The Hall–Kier alpha value is -2.17. The second kappa shape index (κ2) is 4.60. The molecule has 0 spiro atoms. The van der Waals surface area contributed by atoms with Gasteiger partial charge in [-0.3, -0.25) is 0 Å². The third kappa shape index (κ3) is 2.25. The third-order valence-electron chi connectivity index (χ3n) is 2.52. The van der Waals surface area contributed by atoms with Gasteiger partial charge in [0.1, 0.15) is 11.5 Å². The van der Waals surface area contributed by atoms with Crippen LogP contribution in [-0.4, -0.2) is 0 Å². The molecule has 2 rings (SSSR count). The van der Waals surface area contributed by atoms with Gasteiger partial charge in [-0.15, -0.1) is 0 Å². The van der Waals surface area contributed by atoms with E-state index < -0.39 is 23.1 Å². The molecule has 0 radical (unpaired) electrons. The van der Waals surface area contributed by atoms with Gasteiger partial charge in [0, 0.05) is 5.69 Å². The molecule has 3 N–H and O–H groups in total. The zero-order chi connectivity index (χ0) is 13.3. The topological polar surface area (TPSA) is 38.0 Å². The molecule has 18 heavy (non-hydrogen) atoms. The fraction of sp³-hybridized carbons (Fsp3) is 0.0769. The number of aryl methyl sites for hydroxylation is 1. The van der Waals surface area contributed by atoms with Gasteiger partial charge in [-0.2, -0.15) is 0 Å². The second-order valence-corrected chi connectivity index (χ2v) is 3.92. The molecule has 0 amide bonds. The molecule has 0 bridgehead atoms. The van der Waals surface area contributed by atoms with Crippen LogP contribution in [0.4, 0.5) is 30.2 Å². The number of anilines is 3. The van der Waals surface area contributed by atoms with E-state index in [0.29, 0.717) is 5.56 Å². The Balaban J connectivity index is 2.43. The van der Waals surface area contributed by atoms with Crippen LogP contribution >= 0.6 is 0 Å². The zero-order valence-corrected chi connectivity index (χ0v) is 9.60. The lowest BCUT2D eigenvalue weighted by atomic mass is 10.2. The first-order chi connectivity index (χ1) is 8.49. The summed E-state index contributed by atoms with van der Waals surface area (Å²) in [4.78, 5) is 0. The molecule has 5 heteroatoms. The summed E-state index contributed by atoms with van der Waals surface area (Å²) in [5.41, 5.74) is 5.24. The van der Waals surface area contributed by atoms with Gasteiger partial charge in [0.15, 0.2) is 11.6 Å². The van der Waals surface area contributed by atoms with Crippen LogP contribution in [0, 0.1) is 24.4 Å². The van der Waals surface area contributed by atoms with Gasteiger partial charge in [-0.1, -0.05) is 12.1 Å². The van der Waals surface area contributed by atoms with E-state index in [4.69, 9.17) is 5.73 Å². The number of hydrogen-bond donors (Lipinski definition) is 2. The van der Waals surface area contributed by atoms with Crippen LogP contribution in [0.5, 0.6) is 0 Å². The van der Waals surface area contributed by atoms with E-state index >= 15 is 0 Å². The lowest BCUT2D eigenvalue weighted by Crippen LogP contribution is -2.02. The number of hydrogen-bond acceptors (Lipinski definition) is 2. The molecule has 0 fully saturated rings. The minimum absolute atomic E-state index is 0.0116. The minimum Gasteiger partial charge on any atom is -0.399 e. The van der Waals surface area contributed by atoms with Crippen LogP contribution in [0.25, 0.3) is 0 Å². The summed E-state index contributed by atoms with van der Waals surface area (Å²) in [7, 11) is 0. The Kier molecular flexibility index (Phi) is 3.14. The molecule has 2 nitrogen and oxygen atoms in total. The Labute approximate surface area is 102 Å². The molecular weight excluding hydrogens is 241 g/mol. The standard InChI is InChI=1S/C13H11F3N2/c1-7-3-2-4-11(12(7)16)18-13-9(14)5-8(17)6-10(13)15/h2-6,18H,17H2,1H3. The normalized spacial score (nSPS) is 10.4. The van der Waals surface area contributed by atoms with E-state index in [1.807, 2.05) is 0 Å². The van der Waals surface area contributed by atoms with Crippen LogP contribution in [0.15, 0.2) is 30.3 Å². The number of nitrogen functional groups attached to an aromatic ring is 1. The van der Waals surface area contributed by atoms with Crippen molar-refractivity contribution in [1.82, 2.24) is 0 Å². The van der Waals surface area contributed by atoms with Crippen molar-refractivity contribution in [2.45, 2.75) is 6.92 Å². The van der Waals surface area contributed by atoms with Crippen molar-refractivity contribution in [2.24, 2.45) is 0 Å². The molecule has 2 aromatic rings. The van der Waals surface area contributed by atoms with Crippen LogP contribution in [0.3, 0.4) is 0 Å². The van der Waals surface area contributed by atoms with Crippen molar-refractivity contribution in [3.8, 4) is 0 Å². The highest BCUT2D eigenvalue weighted by Crippen LogP contribution is 2.27. The van der Waals surface area contributed by atoms with Crippen LogP contribution in [0.1, 0.15) is 5.56 Å². The van der Waals surface area contributed by atoms with E-state index in [1.165, 1.54) is 6.07 Å². The molecule has 0 saturated carbocycles. The fourth-order valence-electron chi connectivity index (χ4n) is 1.59. The Bertz CT molecular complexity index is 574. The predicted molar refractivity (Wildman–Crippen MR) is 65.2 cm³/mol. The van der Waals surface area contributed by atoms with Crippen molar-refractivity contribution in [2.75, 3.05) is 11.1 Å². The van der Waals surface area contributed by atoms with Gasteiger partial charge in [0.05, 0.1) is 5.69 Å². The SMILES string of the molecule is Cc1cccc(Nc2c(F)cc(N)cc2F)c1F. The number of benzene rings is 2. The number of halogens is 3. The second-order valence-electron chi connectivity index (χ2n) is 3.92. The maximum atomic E-state index is 13.7. The molecule has 0 aliphatic heterocycles. The van der Waals surface area contributed by atoms with Crippen LogP contribution in [-0.2, 0) is 0 Å². The van der Waals surface area contributed by atoms with E-state index in [-0.39, 0.29) is 11.4 Å². The fourth-order valence-corrected chi connectivity index (χ4v) is 1.59. The first kappa shape index (κ1) is 12.3. The number of nitrogens with two attached hydrogens (primary N) is 1. The average Bonchev–Trinajstić information content (AvgIpc) is 2.28. The zero-order valence-electron chi connectivity index (χ0n) is 9.60. The molecule has 0 aliphatic carbocycles. The van der Waals surface area contributed by atoms with Gasteiger partial charge >= 0.3 is 0 Å². The van der Waals surface area contributed by atoms with Gasteiger partial charge < -0.3 is 11.1 Å². The molecule has 0 aromatic heterocycles.